The molecule has 0 saturated carbocycles. The number of nitrogens with one attached hydrogen (secondary N) is 1. The first-order valence-electron chi connectivity index (χ1n) is 10.8. The second-order valence-corrected chi connectivity index (χ2v) is 7.77. The van der Waals surface area contributed by atoms with Crippen LogP contribution >= 0.6 is 0 Å². The average Bonchev–Trinajstić information content (AvgIpc) is 3.21. The Labute approximate surface area is 192 Å². The minimum absolute atomic E-state index is 0.374. The summed E-state index contributed by atoms with van der Waals surface area (Å²) in [5.41, 5.74) is 7.21. The van der Waals surface area contributed by atoms with Crippen LogP contribution < -0.4 is 5.32 Å². The van der Waals surface area contributed by atoms with Gasteiger partial charge >= 0.3 is 0 Å². The van der Waals surface area contributed by atoms with Crippen molar-refractivity contribution in [3.05, 3.63) is 149 Å². The van der Waals surface area contributed by atoms with E-state index in [9.17, 15) is 9.59 Å². The molecule has 0 bridgehead atoms. The third-order valence-electron chi connectivity index (χ3n) is 5.68. The van der Waals surface area contributed by atoms with E-state index < -0.39 is 0 Å². The zero-order chi connectivity index (χ0) is 22.6. The molecule has 2 amide bonds. The highest BCUT2D eigenvalue weighted by Crippen LogP contribution is 2.39. The molecule has 0 aliphatic carbocycles. The van der Waals surface area contributed by atoms with Gasteiger partial charge in [-0.05, 0) is 39.0 Å². The molecular weight excluding hydrogens is 406 g/mol. The first-order chi connectivity index (χ1) is 16.2. The lowest BCUT2D eigenvalue weighted by Crippen LogP contribution is -2.22. The van der Waals surface area contributed by atoms with E-state index >= 15 is 0 Å². The molecule has 0 aromatic heterocycles. The second-order valence-electron chi connectivity index (χ2n) is 7.77. The van der Waals surface area contributed by atoms with E-state index in [-0.39, 0.29) is 11.8 Å². The van der Waals surface area contributed by atoms with Crippen LogP contribution in [-0.2, 0) is 9.59 Å². The van der Waals surface area contributed by atoms with Crippen molar-refractivity contribution < 1.29 is 9.59 Å². The highest BCUT2D eigenvalue weighted by atomic mass is 16.2. The van der Waals surface area contributed by atoms with Gasteiger partial charge in [0.2, 0.25) is 0 Å². The van der Waals surface area contributed by atoms with Gasteiger partial charge in [-0.2, -0.15) is 0 Å². The molecule has 1 aliphatic heterocycles. The summed E-state index contributed by atoms with van der Waals surface area (Å²) in [6.45, 7) is 0. The minimum Gasteiger partial charge on any atom is -0.289 e. The van der Waals surface area contributed by atoms with Gasteiger partial charge in [-0.1, -0.05) is 115 Å². The lowest BCUT2D eigenvalue weighted by Gasteiger charge is -2.20. The Morgan fingerprint density at radius 1 is 0.515 bits per heavy atom. The fourth-order valence-corrected chi connectivity index (χ4v) is 4.25. The summed E-state index contributed by atoms with van der Waals surface area (Å²) in [5.74, 6) is -0.762. The van der Waals surface area contributed by atoms with Crippen LogP contribution in [0.5, 0.6) is 0 Å². The third kappa shape index (κ3) is 4.04. The Balaban J connectivity index is 1.89. The summed E-state index contributed by atoms with van der Waals surface area (Å²) < 4.78 is 0. The van der Waals surface area contributed by atoms with Gasteiger partial charge in [0.1, 0.15) is 0 Å². The monoisotopic (exact) mass is 427 g/mol. The summed E-state index contributed by atoms with van der Waals surface area (Å²) >= 11 is 0. The molecular formula is C30H21NO2. The fourth-order valence-electron chi connectivity index (χ4n) is 4.25. The van der Waals surface area contributed by atoms with Gasteiger partial charge < -0.3 is 0 Å². The Bertz CT molecular complexity index is 1340. The molecule has 0 spiro atoms. The van der Waals surface area contributed by atoms with Crippen LogP contribution in [0.25, 0.3) is 16.7 Å². The van der Waals surface area contributed by atoms with Crippen LogP contribution in [0.4, 0.5) is 0 Å². The Morgan fingerprint density at radius 2 is 0.970 bits per heavy atom. The molecule has 3 nitrogen and oxygen atoms in total. The van der Waals surface area contributed by atoms with E-state index in [1.165, 1.54) is 6.08 Å². The lowest BCUT2D eigenvalue weighted by molar-refractivity contribution is -0.123. The maximum Gasteiger partial charge on any atom is 0.258 e. The molecule has 0 atom stereocenters. The van der Waals surface area contributed by atoms with E-state index in [1.54, 1.807) is 0 Å². The van der Waals surface area contributed by atoms with Gasteiger partial charge in [0.05, 0.1) is 5.57 Å². The number of carbonyl (C=O) groups excluding carboxylic acids is 2. The first kappa shape index (κ1) is 20.4. The number of carbonyl (C=O) groups is 2. The molecule has 158 valence electrons. The summed E-state index contributed by atoms with van der Waals surface area (Å²) in [6.07, 6.45) is 1.38. The molecule has 1 aliphatic rings. The van der Waals surface area contributed by atoms with Crippen LogP contribution in [0.2, 0.25) is 0 Å². The SMILES string of the molecule is O=C1C=C(c2ccccc2C(=C(c2ccccc2)c2ccccc2)c2ccccc2)C(=O)N1. The van der Waals surface area contributed by atoms with E-state index in [0.717, 1.165) is 39.0 Å². The van der Waals surface area contributed by atoms with E-state index in [4.69, 9.17) is 0 Å². The van der Waals surface area contributed by atoms with Crippen molar-refractivity contribution in [2.24, 2.45) is 0 Å². The van der Waals surface area contributed by atoms with Crippen molar-refractivity contribution >= 4 is 28.5 Å². The largest absolute Gasteiger partial charge is 0.289 e. The molecule has 0 radical (unpaired) electrons. The fraction of sp³-hybridized carbons (Fsp3) is 0. The lowest BCUT2D eigenvalue weighted by atomic mass is 9.83. The molecule has 5 rings (SSSR count). The van der Waals surface area contributed by atoms with E-state index in [2.05, 4.69) is 41.7 Å². The van der Waals surface area contributed by atoms with Crippen molar-refractivity contribution in [1.82, 2.24) is 5.32 Å². The maximum atomic E-state index is 12.6. The summed E-state index contributed by atoms with van der Waals surface area (Å²) in [5, 5.41) is 2.38. The zero-order valence-corrected chi connectivity index (χ0v) is 17.9. The van der Waals surface area contributed by atoms with Crippen LogP contribution in [-0.4, -0.2) is 11.8 Å². The van der Waals surface area contributed by atoms with Crippen molar-refractivity contribution in [3.8, 4) is 0 Å². The van der Waals surface area contributed by atoms with Crippen molar-refractivity contribution in [2.75, 3.05) is 0 Å². The highest BCUT2D eigenvalue weighted by Gasteiger charge is 2.26. The minimum atomic E-state index is -0.388. The zero-order valence-electron chi connectivity index (χ0n) is 17.9. The second kappa shape index (κ2) is 8.93. The Morgan fingerprint density at radius 3 is 1.45 bits per heavy atom. The number of hydrogen-bond acceptors (Lipinski definition) is 2. The van der Waals surface area contributed by atoms with E-state index in [0.29, 0.717) is 5.57 Å². The molecule has 4 aromatic rings. The van der Waals surface area contributed by atoms with Crippen molar-refractivity contribution in [3.63, 3.8) is 0 Å². The molecule has 0 unspecified atom stereocenters. The number of benzene rings is 4. The first-order valence-corrected chi connectivity index (χ1v) is 10.8. The molecule has 0 fully saturated rings. The van der Waals surface area contributed by atoms with Crippen molar-refractivity contribution in [2.45, 2.75) is 0 Å². The average molecular weight is 428 g/mol. The highest BCUT2D eigenvalue weighted by molar-refractivity contribution is 6.34. The normalized spacial score (nSPS) is 12.8. The molecule has 1 N–H and O–H groups in total. The molecule has 33 heavy (non-hydrogen) atoms. The van der Waals surface area contributed by atoms with E-state index in [1.807, 2.05) is 78.9 Å². The van der Waals surface area contributed by atoms with Gasteiger partial charge in [-0.25, -0.2) is 0 Å². The van der Waals surface area contributed by atoms with Gasteiger partial charge in [0, 0.05) is 6.08 Å². The summed E-state index contributed by atoms with van der Waals surface area (Å²) in [6, 6.07) is 38.4. The number of hydrogen-bond donors (Lipinski definition) is 1. The quantitative estimate of drug-likeness (QED) is 0.326. The van der Waals surface area contributed by atoms with Crippen LogP contribution in [0.15, 0.2) is 121 Å². The summed E-state index contributed by atoms with van der Waals surface area (Å²) in [4.78, 5) is 24.5. The van der Waals surface area contributed by atoms with Gasteiger partial charge in [-0.15, -0.1) is 0 Å². The van der Waals surface area contributed by atoms with Gasteiger partial charge in [-0.3, -0.25) is 14.9 Å². The van der Waals surface area contributed by atoms with Gasteiger partial charge in [0.25, 0.3) is 11.8 Å². The van der Waals surface area contributed by atoms with Crippen LogP contribution in [0.1, 0.15) is 27.8 Å². The number of amides is 2. The molecule has 0 saturated heterocycles. The topological polar surface area (TPSA) is 46.2 Å². The Kier molecular flexibility index (Phi) is 5.52. The molecule has 3 heteroatoms. The predicted molar refractivity (Wildman–Crippen MR) is 132 cm³/mol. The Hall–Kier alpha value is -4.50. The molecule has 4 aromatic carbocycles. The number of imide groups is 1. The summed E-state index contributed by atoms with van der Waals surface area (Å²) in [7, 11) is 0. The predicted octanol–water partition coefficient (Wildman–Crippen LogP) is 5.73. The smallest absolute Gasteiger partial charge is 0.258 e. The standard InChI is InChI=1S/C30H21NO2/c32-27-20-26(30(33)31-27)24-18-10-11-19-25(24)29(23-16-8-3-9-17-23)28(21-12-4-1-5-13-21)22-14-6-2-7-15-22/h1-20H,(H,31,32,33). The third-order valence-corrected chi connectivity index (χ3v) is 5.68. The van der Waals surface area contributed by atoms with Gasteiger partial charge in [0.15, 0.2) is 0 Å². The van der Waals surface area contributed by atoms with Crippen LogP contribution in [0, 0.1) is 0 Å². The number of rotatable bonds is 5. The van der Waals surface area contributed by atoms with Crippen LogP contribution in [0.3, 0.4) is 0 Å². The van der Waals surface area contributed by atoms with Crippen molar-refractivity contribution in [1.29, 1.82) is 0 Å². The maximum absolute atomic E-state index is 12.6. The molecule has 1 heterocycles.